The van der Waals surface area contributed by atoms with E-state index in [1.807, 2.05) is 0 Å². The maximum atomic E-state index is 12.3. The van der Waals surface area contributed by atoms with E-state index in [1.165, 1.54) is 6.07 Å². The van der Waals surface area contributed by atoms with Gasteiger partial charge >= 0.3 is 6.18 Å². The van der Waals surface area contributed by atoms with Crippen LogP contribution < -0.4 is 5.32 Å². The number of nitrogens with one attached hydrogen (secondary N) is 1. The summed E-state index contributed by atoms with van der Waals surface area (Å²) in [5.41, 5.74) is -0.242. The fraction of sp³-hybridized carbons (Fsp3) is 0.250. The van der Waals surface area contributed by atoms with Crippen molar-refractivity contribution in [3.05, 3.63) is 28.2 Å². The van der Waals surface area contributed by atoms with Gasteiger partial charge in [0.1, 0.15) is 0 Å². The van der Waals surface area contributed by atoms with Crippen molar-refractivity contribution >= 4 is 21.6 Å². The lowest BCUT2D eigenvalue weighted by Crippen LogP contribution is -2.07. The molecule has 1 aromatic rings. The molecule has 0 saturated heterocycles. The lowest BCUT2D eigenvalue weighted by Gasteiger charge is -2.11. The topological polar surface area (TPSA) is 12.0 Å². The molecule has 0 fully saturated rings. The molecule has 1 rings (SSSR count). The SMILES string of the molecule is CNc1cccc(C(F)(F)F)c1Br. The van der Waals surface area contributed by atoms with Crippen molar-refractivity contribution in [2.75, 3.05) is 12.4 Å². The van der Waals surface area contributed by atoms with E-state index in [4.69, 9.17) is 0 Å². The highest BCUT2D eigenvalue weighted by Gasteiger charge is 2.33. The van der Waals surface area contributed by atoms with Gasteiger partial charge in [-0.3, -0.25) is 0 Å². The van der Waals surface area contributed by atoms with Crippen molar-refractivity contribution in [3.63, 3.8) is 0 Å². The Labute approximate surface area is 82.1 Å². The first-order valence-electron chi connectivity index (χ1n) is 3.50. The van der Waals surface area contributed by atoms with Crippen molar-refractivity contribution in [2.45, 2.75) is 6.18 Å². The summed E-state index contributed by atoms with van der Waals surface area (Å²) in [6.07, 6.45) is -4.31. The second-order valence-electron chi connectivity index (χ2n) is 2.41. The normalized spacial score (nSPS) is 11.5. The average molecular weight is 254 g/mol. The van der Waals surface area contributed by atoms with Gasteiger partial charge in [0.2, 0.25) is 0 Å². The first-order valence-corrected chi connectivity index (χ1v) is 4.29. The van der Waals surface area contributed by atoms with E-state index in [2.05, 4.69) is 21.2 Å². The first-order chi connectivity index (χ1) is 5.96. The van der Waals surface area contributed by atoms with Gasteiger partial charge in [-0.1, -0.05) is 6.07 Å². The van der Waals surface area contributed by atoms with Crippen molar-refractivity contribution in [1.82, 2.24) is 0 Å². The summed E-state index contributed by atoms with van der Waals surface area (Å²) < 4.78 is 37.0. The fourth-order valence-corrected chi connectivity index (χ4v) is 1.63. The van der Waals surface area contributed by atoms with Crippen molar-refractivity contribution in [2.24, 2.45) is 0 Å². The summed E-state index contributed by atoms with van der Waals surface area (Å²) in [5, 5.41) is 2.66. The summed E-state index contributed by atoms with van der Waals surface area (Å²) >= 11 is 2.89. The van der Waals surface area contributed by atoms with Crippen LogP contribution in [0.5, 0.6) is 0 Å². The van der Waals surface area contributed by atoms with Crippen LogP contribution in [0.3, 0.4) is 0 Å². The quantitative estimate of drug-likeness (QED) is 0.808. The summed E-state index contributed by atoms with van der Waals surface area (Å²) in [6.45, 7) is 0. The molecule has 0 saturated carbocycles. The van der Waals surface area contributed by atoms with Crippen molar-refractivity contribution in [1.29, 1.82) is 0 Å². The number of halogens is 4. The summed E-state index contributed by atoms with van der Waals surface area (Å²) in [5.74, 6) is 0. The standard InChI is InChI=1S/C8H7BrF3N/c1-13-6-4-2-3-5(7(6)9)8(10,11)12/h2-4,13H,1H3. The van der Waals surface area contributed by atoms with Gasteiger partial charge in [0.25, 0.3) is 0 Å². The molecule has 0 aliphatic heterocycles. The van der Waals surface area contributed by atoms with Crippen LogP contribution in [0.15, 0.2) is 22.7 Å². The van der Waals surface area contributed by atoms with Gasteiger partial charge in [-0.15, -0.1) is 0 Å². The highest BCUT2D eigenvalue weighted by Crippen LogP contribution is 2.37. The third kappa shape index (κ3) is 2.15. The first kappa shape index (κ1) is 10.4. The predicted molar refractivity (Wildman–Crippen MR) is 48.7 cm³/mol. The molecule has 13 heavy (non-hydrogen) atoms. The number of rotatable bonds is 1. The molecule has 0 aliphatic carbocycles. The zero-order chi connectivity index (χ0) is 10.1. The molecule has 5 heteroatoms. The maximum Gasteiger partial charge on any atom is 0.417 e. The van der Waals surface area contributed by atoms with Gasteiger partial charge in [0, 0.05) is 12.7 Å². The Morgan fingerprint density at radius 1 is 1.31 bits per heavy atom. The number of anilines is 1. The second kappa shape index (κ2) is 3.57. The molecule has 0 unspecified atom stereocenters. The molecule has 1 N–H and O–H groups in total. The summed E-state index contributed by atoms with van der Waals surface area (Å²) in [6, 6.07) is 3.96. The molecular weight excluding hydrogens is 247 g/mol. The van der Waals surface area contributed by atoms with Crippen molar-refractivity contribution < 1.29 is 13.2 Å². The number of benzene rings is 1. The molecule has 1 nitrogen and oxygen atoms in total. The van der Waals surface area contributed by atoms with E-state index in [-0.39, 0.29) is 4.47 Å². The van der Waals surface area contributed by atoms with Crippen LogP contribution in [-0.4, -0.2) is 7.05 Å². The zero-order valence-corrected chi connectivity index (χ0v) is 8.33. The van der Waals surface area contributed by atoms with Crippen LogP contribution in [0, 0.1) is 0 Å². The van der Waals surface area contributed by atoms with Crippen LogP contribution in [-0.2, 0) is 6.18 Å². The highest BCUT2D eigenvalue weighted by atomic mass is 79.9. The maximum absolute atomic E-state index is 12.3. The van der Waals surface area contributed by atoms with E-state index in [1.54, 1.807) is 13.1 Å². The third-order valence-electron chi connectivity index (χ3n) is 1.57. The van der Waals surface area contributed by atoms with Gasteiger partial charge in [0.05, 0.1) is 10.0 Å². The molecule has 0 amide bonds. The Morgan fingerprint density at radius 3 is 2.38 bits per heavy atom. The molecule has 0 heterocycles. The Kier molecular flexibility index (Phi) is 2.85. The molecule has 1 aromatic carbocycles. The van der Waals surface area contributed by atoms with Crippen LogP contribution in [0.25, 0.3) is 0 Å². The molecule has 0 radical (unpaired) electrons. The monoisotopic (exact) mass is 253 g/mol. The van der Waals surface area contributed by atoms with Gasteiger partial charge in [-0.05, 0) is 28.1 Å². The molecule has 0 atom stereocenters. The van der Waals surface area contributed by atoms with Gasteiger partial charge in [-0.25, -0.2) is 0 Å². The smallest absolute Gasteiger partial charge is 0.387 e. The van der Waals surface area contributed by atoms with Crippen LogP contribution in [0.1, 0.15) is 5.56 Å². The van der Waals surface area contributed by atoms with E-state index >= 15 is 0 Å². The molecule has 0 aromatic heterocycles. The van der Waals surface area contributed by atoms with E-state index in [0.29, 0.717) is 5.69 Å². The van der Waals surface area contributed by atoms with Crippen LogP contribution in [0.2, 0.25) is 0 Å². The van der Waals surface area contributed by atoms with E-state index < -0.39 is 11.7 Å². The van der Waals surface area contributed by atoms with Crippen LogP contribution in [0.4, 0.5) is 18.9 Å². The van der Waals surface area contributed by atoms with Gasteiger partial charge < -0.3 is 5.32 Å². The molecule has 0 bridgehead atoms. The number of hydrogen-bond donors (Lipinski definition) is 1. The number of hydrogen-bond acceptors (Lipinski definition) is 1. The molecule has 0 spiro atoms. The zero-order valence-electron chi connectivity index (χ0n) is 6.74. The van der Waals surface area contributed by atoms with Gasteiger partial charge in [-0.2, -0.15) is 13.2 Å². The Balaban J connectivity index is 3.24. The Morgan fingerprint density at radius 2 is 1.92 bits per heavy atom. The number of alkyl halides is 3. The largest absolute Gasteiger partial charge is 0.417 e. The molecule has 0 aliphatic rings. The van der Waals surface area contributed by atoms with Crippen LogP contribution >= 0.6 is 15.9 Å². The lowest BCUT2D eigenvalue weighted by molar-refractivity contribution is -0.138. The second-order valence-corrected chi connectivity index (χ2v) is 3.21. The molecular formula is C8H7BrF3N. The van der Waals surface area contributed by atoms with Gasteiger partial charge in [0.15, 0.2) is 0 Å². The molecule has 72 valence electrons. The fourth-order valence-electron chi connectivity index (χ4n) is 0.944. The Bertz CT molecular complexity index is 309. The lowest BCUT2D eigenvalue weighted by atomic mass is 10.2. The third-order valence-corrected chi connectivity index (χ3v) is 2.43. The van der Waals surface area contributed by atoms with E-state index in [0.717, 1.165) is 6.07 Å². The predicted octanol–water partition coefficient (Wildman–Crippen LogP) is 3.51. The highest BCUT2D eigenvalue weighted by molar-refractivity contribution is 9.10. The van der Waals surface area contributed by atoms with Crippen molar-refractivity contribution in [3.8, 4) is 0 Å². The summed E-state index contributed by atoms with van der Waals surface area (Å²) in [4.78, 5) is 0. The summed E-state index contributed by atoms with van der Waals surface area (Å²) in [7, 11) is 1.57. The minimum atomic E-state index is -4.31. The minimum absolute atomic E-state index is 0.0463. The Hall–Kier alpha value is -0.710. The minimum Gasteiger partial charge on any atom is -0.387 e. The average Bonchev–Trinajstić information content (AvgIpc) is 2.02. The van der Waals surface area contributed by atoms with E-state index in [9.17, 15) is 13.2 Å².